The number of hydrogen-bond donors (Lipinski definition) is 3. The van der Waals surface area contributed by atoms with Crippen molar-refractivity contribution in [3.05, 3.63) is 33.9 Å². The molecule has 0 aliphatic heterocycles. The third-order valence-corrected chi connectivity index (χ3v) is 10.7. The zero-order chi connectivity index (χ0) is 20.9. The van der Waals surface area contributed by atoms with Crippen LogP contribution in [0.4, 0.5) is 0 Å². The van der Waals surface area contributed by atoms with Crippen LogP contribution < -0.4 is 5.30 Å². The Morgan fingerprint density at radius 3 is 1.97 bits per heavy atom. The first-order valence-corrected chi connectivity index (χ1v) is 12.5. The van der Waals surface area contributed by atoms with Gasteiger partial charge in [-0.25, -0.2) is 0 Å². The van der Waals surface area contributed by atoms with Crippen molar-refractivity contribution in [1.82, 2.24) is 0 Å². The summed E-state index contributed by atoms with van der Waals surface area (Å²) in [6.45, 7) is 10.6. The lowest BCUT2D eigenvalue weighted by atomic mass is 9.98. The van der Waals surface area contributed by atoms with Crippen molar-refractivity contribution in [3.63, 3.8) is 0 Å². The van der Waals surface area contributed by atoms with Crippen LogP contribution in [0, 0.1) is 34.6 Å². The summed E-state index contributed by atoms with van der Waals surface area (Å²) >= 11 is 13.5. The number of fused-ring (bicyclic) bond motifs is 6. The molecule has 0 amide bonds. The first-order chi connectivity index (χ1) is 13.6. The summed E-state index contributed by atoms with van der Waals surface area (Å²) in [6.07, 6.45) is 0. The minimum absolute atomic E-state index is 0.376. The highest BCUT2D eigenvalue weighted by molar-refractivity contribution is 7.82. The van der Waals surface area contributed by atoms with Crippen LogP contribution in [0.1, 0.15) is 27.8 Å². The number of phenolic OH excluding ortho intramolecular Hbond substituents is 1. The lowest BCUT2D eigenvalue weighted by Crippen LogP contribution is -2.01. The molecular formula is C23H21OPS4. The van der Waals surface area contributed by atoms with Crippen LogP contribution in [0.5, 0.6) is 5.75 Å². The summed E-state index contributed by atoms with van der Waals surface area (Å²) in [5.74, 6) is 0.376. The molecule has 3 aromatic carbocycles. The molecule has 0 aliphatic rings. The topological polar surface area (TPSA) is 20.2 Å². The van der Waals surface area contributed by atoms with E-state index >= 15 is 0 Å². The Hall–Kier alpha value is -0.970. The van der Waals surface area contributed by atoms with E-state index < -0.39 is 0 Å². The Morgan fingerprint density at radius 2 is 1.31 bits per heavy atom. The molecule has 0 saturated carbocycles. The summed E-state index contributed by atoms with van der Waals surface area (Å²) < 4.78 is 4.48. The Labute approximate surface area is 191 Å². The first-order valence-electron chi connectivity index (χ1n) is 9.35. The number of rotatable bonds is 0. The molecule has 0 spiro atoms. The number of hydrogen-bond acceptors (Lipinski definition) is 5. The Kier molecular flexibility index (Phi) is 4.48. The summed E-state index contributed by atoms with van der Waals surface area (Å²) in [5, 5.41) is 16.7. The summed E-state index contributed by atoms with van der Waals surface area (Å²) in [6, 6.07) is 2.29. The Morgan fingerprint density at radius 1 is 0.724 bits per heavy atom. The maximum Gasteiger partial charge on any atom is 0.136 e. The van der Waals surface area contributed by atoms with Crippen LogP contribution in [-0.2, 0) is 0 Å². The van der Waals surface area contributed by atoms with Crippen LogP contribution in [0.2, 0.25) is 0 Å². The van der Waals surface area contributed by atoms with Crippen molar-refractivity contribution < 1.29 is 5.11 Å². The Bertz CT molecular complexity index is 1540. The van der Waals surface area contributed by atoms with Crippen LogP contribution in [0.3, 0.4) is 0 Å². The molecule has 0 radical (unpaired) electrons. The van der Waals surface area contributed by atoms with E-state index in [4.69, 9.17) is 25.3 Å². The van der Waals surface area contributed by atoms with Crippen LogP contribution in [0.15, 0.2) is 15.9 Å². The molecule has 1 unspecified atom stereocenters. The van der Waals surface area contributed by atoms with Crippen LogP contribution in [-0.4, -0.2) is 5.11 Å². The summed E-state index contributed by atoms with van der Waals surface area (Å²) in [5.41, 5.74) is 6.00. The maximum atomic E-state index is 10.9. The molecule has 2 aromatic heterocycles. The molecule has 0 saturated heterocycles. The highest BCUT2D eigenvalue weighted by atomic mass is 32.1. The minimum atomic E-state index is 0.376. The quantitative estimate of drug-likeness (QED) is 0.155. The monoisotopic (exact) mass is 472 g/mol. The molecule has 6 heteroatoms. The highest BCUT2D eigenvalue weighted by Crippen LogP contribution is 2.52. The Balaban J connectivity index is 2.12. The smallest absolute Gasteiger partial charge is 0.136 e. The van der Waals surface area contributed by atoms with Crippen molar-refractivity contribution >= 4 is 103 Å². The van der Waals surface area contributed by atoms with Gasteiger partial charge in [0.15, 0.2) is 0 Å². The number of aryl methyl sites for hydroxylation is 2. The molecular weight excluding hydrogens is 451 g/mol. The highest BCUT2D eigenvalue weighted by Gasteiger charge is 2.24. The van der Waals surface area contributed by atoms with E-state index in [0.717, 1.165) is 46.4 Å². The molecule has 5 rings (SSSR count). The van der Waals surface area contributed by atoms with Gasteiger partial charge in [0.2, 0.25) is 0 Å². The molecule has 0 aliphatic carbocycles. The fourth-order valence-corrected chi connectivity index (χ4v) is 8.61. The maximum absolute atomic E-state index is 10.9. The first kappa shape index (κ1) is 20.0. The number of thiol groups is 2. The third kappa shape index (κ3) is 2.46. The van der Waals surface area contributed by atoms with Gasteiger partial charge < -0.3 is 5.11 Å². The number of phenols is 1. The molecule has 148 valence electrons. The summed E-state index contributed by atoms with van der Waals surface area (Å²) in [4.78, 5) is 1.98. The van der Waals surface area contributed by atoms with Gasteiger partial charge in [-0.15, -0.1) is 57.2 Å². The van der Waals surface area contributed by atoms with E-state index in [2.05, 4.69) is 43.0 Å². The molecule has 1 N–H and O–H groups in total. The lowest BCUT2D eigenvalue weighted by Gasteiger charge is -2.11. The molecule has 1 atom stereocenters. The van der Waals surface area contributed by atoms with Gasteiger partial charge in [-0.3, -0.25) is 0 Å². The number of aromatic hydroxyl groups is 1. The average molecular weight is 473 g/mol. The third-order valence-electron chi connectivity index (χ3n) is 6.43. The van der Waals surface area contributed by atoms with Gasteiger partial charge >= 0.3 is 0 Å². The molecule has 1 nitrogen and oxygen atoms in total. The lowest BCUT2D eigenvalue weighted by molar-refractivity contribution is 0.478. The van der Waals surface area contributed by atoms with Crippen molar-refractivity contribution in [2.24, 2.45) is 0 Å². The molecule has 29 heavy (non-hydrogen) atoms. The normalized spacial score (nSPS) is 12.3. The second-order valence-corrected chi connectivity index (χ2v) is 11.4. The van der Waals surface area contributed by atoms with Gasteiger partial charge in [0.25, 0.3) is 0 Å². The van der Waals surface area contributed by atoms with Crippen LogP contribution >= 0.6 is 57.2 Å². The van der Waals surface area contributed by atoms with Gasteiger partial charge in [-0.2, -0.15) is 0 Å². The van der Waals surface area contributed by atoms with E-state index in [-0.39, 0.29) is 0 Å². The van der Waals surface area contributed by atoms with Gasteiger partial charge in [-0.1, -0.05) is 0 Å². The largest absolute Gasteiger partial charge is 0.506 e. The van der Waals surface area contributed by atoms with E-state index in [1.165, 1.54) is 36.9 Å². The fraction of sp³-hybridized carbons (Fsp3) is 0.217. The molecule has 0 fully saturated rings. The van der Waals surface area contributed by atoms with Crippen LogP contribution in [0.25, 0.3) is 40.3 Å². The van der Waals surface area contributed by atoms with Gasteiger partial charge in [0, 0.05) is 36.0 Å². The van der Waals surface area contributed by atoms with E-state index in [0.29, 0.717) is 5.75 Å². The predicted molar refractivity (Wildman–Crippen MR) is 141 cm³/mol. The van der Waals surface area contributed by atoms with Gasteiger partial charge in [-0.05, 0) is 73.8 Å². The second-order valence-electron chi connectivity index (χ2n) is 7.84. The molecule has 2 heterocycles. The van der Waals surface area contributed by atoms with Crippen molar-refractivity contribution in [3.8, 4) is 5.75 Å². The predicted octanol–water partition coefficient (Wildman–Crippen LogP) is 7.75. The van der Waals surface area contributed by atoms with Gasteiger partial charge in [0.1, 0.15) is 5.75 Å². The van der Waals surface area contributed by atoms with Crippen molar-refractivity contribution in [2.75, 3.05) is 0 Å². The zero-order valence-electron chi connectivity index (χ0n) is 16.8. The SMILES string of the molecule is Cc1cc2sc3c(S)c4c(sc5c(O)c(C)c(C)c(P)c54)c(S)c3c2c(C)c1C. The number of benzene rings is 3. The van der Waals surface area contributed by atoms with E-state index in [1.807, 2.05) is 6.92 Å². The standard InChI is InChI=1S/C23H21OPS4/c1-7-6-12-13(9(3)8(7)2)15-19(26)23-16(20(27)22(15)28-12)14-18(25)11(5)10(4)17(24)21(14)29-23/h6,24,26-27H,25H2,1-5H3. The summed E-state index contributed by atoms with van der Waals surface area (Å²) in [7, 11) is 2.88. The van der Waals surface area contributed by atoms with E-state index in [9.17, 15) is 5.11 Å². The van der Waals surface area contributed by atoms with Crippen molar-refractivity contribution in [2.45, 2.75) is 44.4 Å². The van der Waals surface area contributed by atoms with Crippen molar-refractivity contribution in [1.29, 1.82) is 0 Å². The number of thiophene rings is 2. The minimum Gasteiger partial charge on any atom is -0.506 e. The van der Waals surface area contributed by atoms with E-state index in [1.54, 1.807) is 22.7 Å². The molecule has 0 bridgehead atoms. The zero-order valence-corrected chi connectivity index (χ0v) is 21.4. The fourth-order valence-electron chi connectivity index (χ4n) is 4.32. The second kappa shape index (κ2) is 6.51. The molecule has 5 aromatic rings. The van der Waals surface area contributed by atoms with Gasteiger partial charge in [0.05, 0.1) is 14.1 Å². The average Bonchev–Trinajstić information content (AvgIpc) is 3.27.